The number of carbonyl (C=O) groups is 2. The van der Waals surface area contributed by atoms with Crippen LogP contribution in [0.15, 0.2) is 85.0 Å². The number of halogens is 2. The molecule has 2 amide bonds. The second-order valence-corrected chi connectivity index (χ2v) is 7.54. The summed E-state index contributed by atoms with van der Waals surface area (Å²) in [6.45, 7) is 2.11. The largest absolute Gasteiger partial charge is 0.337 e. The van der Waals surface area contributed by atoms with Gasteiger partial charge in [0.2, 0.25) is 11.8 Å². The molecule has 3 rings (SSSR count). The van der Waals surface area contributed by atoms with E-state index < -0.39 is 0 Å². The smallest absolute Gasteiger partial charge is 0.246 e. The van der Waals surface area contributed by atoms with Gasteiger partial charge in [0, 0.05) is 38.3 Å². The van der Waals surface area contributed by atoms with Crippen LogP contribution in [-0.2, 0) is 9.59 Å². The fourth-order valence-corrected chi connectivity index (χ4v) is 3.33. The van der Waals surface area contributed by atoms with Crippen LogP contribution in [0.5, 0.6) is 0 Å². The van der Waals surface area contributed by atoms with Crippen molar-refractivity contribution in [3.05, 3.63) is 108 Å². The van der Waals surface area contributed by atoms with Gasteiger partial charge < -0.3 is 9.80 Å². The second kappa shape index (κ2) is 12.3. The Morgan fingerprint density at radius 2 is 1.00 bits per heavy atom. The summed E-state index contributed by atoms with van der Waals surface area (Å²) >= 11 is 0. The monoisotopic (exact) mass is 448 g/mol. The molecule has 2 aromatic carbocycles. The van der Waals surface area contributed by atoms with Crippen molar-refractivity contribution < 1.29 is 18.4 Å². The molecular weight excluding hydrogens is 422 g/mol. The van der Waals surface area contributed by atoms with Gasteiger partial charge in [-0.3, -0.25) is 9.59 Å². The van der Waals surface area contributed by atoms with Crippen molar-refractivity contribution in [1.82, 2.24) is 9.80 Å². The molecule has 1 aliphatic heterocycles. The lowest BCUT2D eigenvalue weighted by Crippen LogP contribution is -2.36. The number of hydrogen-bond acceptors (Lipinski definition) is 2. The van der Waals surface area contributed by atoms with Gasteiger partial charge in [0.25, 0.3) is 0 Å². The van der Waals surface area contributed by atoms with Crippen LogP contribution in [0, 0.1) is 11.6 Å². The lowest BCUT2D eigenvalue weighted by molar-refractivity contribution is -0.128. The van der Waals surface area contributed by atoms with E-state index in [9.17, 15) is 18.4 Å². The van der Waals surface area contributed by atoms with Gasteiger partial charge in [-0.1, -0.05) is 60.7 Å². The zero-order valence-corrected chi connectivity index (χ0v) is 18.2. The van der Waals surface area contributed by atoms with Gasteiger partial charge in [0.05, 0.1) is 0 Å². The van der Waals surface area contributed by atoms with Crippen LogP contribution in [0.25, 0.3) is 12.2 Å². The van der Waals surface area contributed by atoms with Gasteiger partial charge in [-0.05, 0) is 41.8 Å². The first kappa shape index (κ1) is 23.9. The molecule has 2 aromatic rings. The molecule has 6 heteroatoms. The van der Waals surface area contributed by atoms with Crippen LogP contribution >= 0.6 is 0 Å². The highest BCUT2D eigenvalue weighted by atomic mass is 19.1. The minimum atomic E-state index is -0.288. The van der Waals surface area contributed by atoms with E-state index in [-0.39, 0.29) is 23.4 Å². The number of nitrogens with zero attached hydrogens (tertiary/aromatic N) is 2. The molecule has 0 aliphatic carbocycles. The van der Waals surface area contributed by atoms with Gasteiger partial charge in [0.1, 0.15) is 11.6 Å². The van der Waals surface area contributed by atoms with Crippen LogP contribution in [0.3, 0.4) is 0 Å². The maximum Gasteiger partial charge on any atom is 0.246 e. The summed E-state index contributed by atoms with van der Waals surface area (Å²) in [6.07, 6.45) is 14.1. The minimum absolute atomic E-state index is 0.106. The molecule has 0 N–H and O–H groups in total. The van der Waals surface area contributed by atoms with E-state index in [1.807, 2.05) is 0 Å². The predicted molar refractivity (Wildman–Crippen MR) is 127 cm³/mol. The Bertz CT molecular complexity index is 969. The van der Waals surface area contributed by atoms with Gasteiger partial charge in [-0.15, -0.1) is 0 Å². The highest BCUT2D eigenvalue weighted by Crippen LogP contribution is 2.08. The van der Waals surface area contributed by atoms with Crippen LogP contribution in [-0.4, -0.2) is 47.8 Å². The molecule has 1 saturated heterocycles. The van der Waals surface area contributed by atoms with E-state index in [4.69, 9.17) is 0 Å². The van der Waals surface area contributed by atoms with Gasteiger partial charge >= 0.3 is 0 Å². The summed E-state index contributed by atoms with van der Waals surface area (Å²) in [5.41, 5.74) is 1.69. The van der Waals surface area contributed by atoms with E-state index in [1.54, 1.807) is 70.5 Å². The van der Waals surface area contributed by atoms with Crippen LogP contribution in [0.1, 0.15) is 17.5 Å². The third-order valence-electron chi connectivity index (χ3n) is 5.14. The van der Waals surface area contributed by atoms with Crippen molar-refractivity contribution in [3.8, 4) is 0 Å². The fourth-order valence-electron chi connectivity index (χ4n) is 3.33. The van der Waals surface area contributed by atoms with Crippen molar-refractivity contribution in [1.29, 1.82) is 0 Å². The summed E-state index contributed by atoms with van der Waals surface area (Å²) < 4.78 is 25.8. The highest BCUT2D eigenvalue weighted by Gasteiger charge is 2.19. The molecule has 1 fully saturated rings. The van der Waals surface area contributed by atoms with E-state index in [2.05, 4.69) is 0 Å². The maximum atomic E-state index is 12.9. The number of amides is 2. The number of carbonyl (C=O) groups excluding carboxylic acids is 2. The van der Waals surface area contributed by atoms with E-state index in [0.29, 0.717) is 32.6 Å². The maximum absolute atomic E-state index is 12.9. The molecule has 0 aromatic heterocycles. The topological polar surface area (TPSA) is 40.6 Å². The SMILES string of the molecule is O=C(C=CC=Cc1ccc(F)cc1)N1CCCN(C(=O)C=CC=Cc2ccc(F)cc2)CC1. The van der Waals surface area contributed by atoms with Gasteiger partial charge in [-0.25, -0.2) is 8.78 Å². The quantitative estimate of drug-likeness (QED) is 0.468. The summed E-state index contributed by atoms with van der Waals surface area (Å²) in [6, 6.07) is 12.2. The zero-order chi connectivity index (χ0) is 23.5. The third-order valence-corrected chi connectivity index (χ3v) is 5.14. The average molecular weight is 449 g/mol. The molecule has 0 unspecified atom stereocenters. The molecule has 170 valence electrons. The molecule has 0 bridgehead atoms. The van der Waals surface area contributed by atoms with Crippen molar-refractivity contribution in [2.45, 2.75) is 6.42 Å². The molecule has 0 spiro atoms. The third kappa shape index (κ3) is 8.00. The summed E-state index contributed by atoms with van der Waals surface area (Å²) in [5, 5.41) is 0. The highest BCUT2D eigenvalue weighted by molar-refractivity contribution is 5.89. The molecule has 33 heavy (non-hydrogen) atoms. The number of allylic oxidation sites excluding steroid dienone is 4. The Hall–Kier alpha value is -3.80. The van der Waals surface area contributed by atoms with E-state index >= 15 is 0 Å². The Labute approximate surface area is 192 Å². The zero-order valence-electron chi connectivity index (χ0n) is 18.2. The second-order valence-electron chi connectivity index (χ2n) is 7.54. The fraction of sp³-hybridized carbons (Fsp3) is 0.185. The average Bonchev–Trinajstić information content (AvgIpc) is 3.08. The summed E-state index contributed by atoms with van der Waals surface area (Å²) in [4.78, 5) is 28.4. The molecule has 0 saturated carbocycles. The lowest BCUT2D eigenvalue weighted by atomic mass is 10.2. The number of benzene rings is 2. The number of hydrogen-bond donors (Lipinski definition) is 0. The Morgan fingerprint density at radius 1 is 0.606 bits per heavy atom. The van der Waals surface area contributed by atoms with Gasteiger partial charge in [0.15, 0.2) is 0 Å². The molecule has 1 heterocycles. The minimum Gasteiger partial charge on any atom is -0.337 e. The first-order valence-electron chi connectivity index (χ1n) is 10.8. The Balaban J connectivity index is 1.45. The predicted octanol–water partition coefficient (Wildman–Crippen LogP) is 4.86. The van der Waals surface area contributed by atoms with Crippen molar-refractivity contribution in [3.63, 3.8) is 0 Å². The first-order valence-corrected chi connectivity index (χ1v) is 10.8. The molecular formula is C27H26F2N2O2. The van der Waals surface area contributed by atoms with Gasteiger partial charge in [-0.2, -0.15) is 0 Å². The van der Waals surface area contributed by atoms with E-state index in [1.165, 1.54) is 36.4 Å². The Kier molecular flexibility index (Phi) is 8.88. The molecule has 0 atom stereocenters. The van der Waals surface area contributed by atoms with Crippen molar-refractivity contribution in [2.75, 3.05) is 26.2 Å². The van der Waals surface area contributed by atoms with Crippen molar-refractivity contribution >= 4 is 24.0 Å². The summed E-state index contributed by atoms with van der Waals surface area (Å²) in [7, 11) is 0. The first-order chi connectivity index (χ1) is 16.0. The normalized spacial score (nSPS) is 15.2. The standard InChI is InChI=1S/C27H26F2N2O2/c28-24-14-10-22(11-15-24)6-1-3-8-26(32)30-18-5-19-31(21-20-30)27(33)9-4-2-7-23-12-16-25(29)17-13-23/h1-4,6-17H,5,18-21H2. The molecule has 4 nitrogen and oxygen atoms in total. The molecule has 1 aliphatic rings. The van der Waals surface area contributed by atoms with E-state index in [0.717, 1.165) is 11.1 Å². The lowest BCUT2D eigenvalue weighted by Gasteiger charge is -2.20. The van der Waals surface area contributed by atoms with Crippen LogP contribution in [0.4, 0.5) is 8.78 Å². The Morgan fingerprint density at radius 3 is 1.39 bits per heavy atom. The number of rotatable bonds is 6. The van der Waals surface area contributed by atoms with Crippen molar-refractivity contribution in [2.24, 2.45) is 0 Å². The van der Waals surface area contributed by atoms with Crippen LogP contribution in [0.2, 0.25) is 0 Å². The van der Waals surface area contributed by atoms with Crippen LogP contribution < -0.4 is 0 Å². The summed E-state index contributed by atoms with van der Waals surface area (Å²) in [5.74, 6) is -0.788. The molecule has 0 radical (unpaired) electrons.